The number of hydrogen-bond acceptors (Lipinski definition) is 7. The van der Waals surface area contributed by atoms with Crippen molar-refractivity contribution in [3.63, 3.8) is 0 Å². The summed E-state index contributed by atoms with van der Waals surface area (Å²) < 4.78 is 0. The van der Waals surface area contributed by atoms with Crippen LogP contribution in [-0.4, -0.2) is 70.6 Å². The van der Waals surface area contributed by atoms with Gasteiger partial charge in [-0.25, -0.2) is 0 Å². The van der Waals surface area contributed by atoms with Crippen LogP contribution in [-0.2, 0) is 30.4 Å². The normalized spacial score (nSPS) is 26.0. The van der Waals surface area contributed by atoms with Crippen LogP contribution in [0, 0.1) is 11.3 Å². The molecule has 3 aliphatic carbocycles. The van der Waals surface area contributed by atoms with Gasteiger partial charge in [0.1, 0.15) is 17.9 Å². The summed E-state index contributed by atoms with van der Waals surface area (Å²) in [6, 6.07) is 7.66. The number of ketones is 1. The highest BCUT2D eigenvalue weighted by molar-refractivity contribution is 7.99. The summed E-state index contributed by atoms with van der Waals surface area (Å²) in [4.78, 5) is 61.7. The molecule has 4 N–H and O–H groups in total. The van der Waals surface area contributed by atoms with Crippen molar-refractivity contribution >= 4 is 41.6 Å². The van der Waals surface area contributed by atoms with Gasteiger partial charge >= 0.3 is 0 Å². The molecule has 4 rings (SSSR count). The molecule has 0 bridgehead atoms. The van der Waals surface area contributed by atoms with Crippen LogP contribution in [0.25, 0.3) is 0 Å². The molecule has 5 atom stereocenters. The van der Waals surface area contributed by atoms with E-state index in [1.807, 2.05) is 56.3 Å². The largest absolute Gasteiger partial charge is 0.381 e. The van der Waals surface area contributed by atoms with E-state index in [1.165, 1.54) is 18.7 Å². The smallest absolute Gasteiger partial charge is 0.243 e. The highest BCUT2D eigenvalue weighted by Crippen LogP contribution is 2.68. The second-order valence-electron chi connectivity index (χ2n) is 11.3. The molecular formula is C31H37N3O6S. The fourth-order valence-corrected chi connectivity index (χ4v) is 7.41. The Bertz CT molecular complexity index is 1350. The van der Waals surface area contributed by atoms with Crippen molar-refractivity contribution < 1.29 is 29.1 Å². The van der Waals surface area contributed by atoms with Gasteiger partial charge in [-0.05, 0) is 68.1 Å². The summed E-state index contributed by atoms with van der Waals surface area (Å²) in [6.07, 6.45) is 5.47. The molecule has 0 aliphatic heterocycles. The van der Waals surface area contributed by atoms with Crippen molar-refractivity contribution in [1.82, 2.24) is 16.0 Å². The van der Waals surface area contributed by atoms with E-state index >= 15 is 0 Å². The lowest BCUT2D eigenvalue weighted by molar-refractivity contribution is -0.138. The Hall–Kier alpha value is -3.50. The summed E-state index contributed by atoms with van der Waals surface area (Å²) in [7, 11) is 0. The molecule has 1 spiro atoms. The molecule has 1 aromatic rings. The van der Waals surface area contributed by atoms with Crippen LogP contribution in [0.15, 0.2) is 64.8 Å². The fourth-order valence-electron chi connectivity index (χ4n) is 6.11. The number of aliphatic hydroxyl groups is 1. The molecule has 3 unspecified atom stereocenters. The number of aldehydes is 1. The van der Waals surface area contributed by atoms with Gasteiger partial charge in [-0.1, -0.05) is 42.0 Å². The number of carbonyl (C=O) groups is 5. The molecule has 1 saturated carbocycles. The van der Waals surface area contributed by atoms with Crippen molar-refractivity contribution in [1.29, 1.82) is 0 Å². The highest BCUT2D eigenvalue weighted by Gasteiger charge is 2.70. The van der Waals surface area contributed by atoms with E-state index in [1.54, 1.807) is 6.92 Å². The van der Waals surface area contributed by atoms with Crippen LogP contribution < -0.4 is 16.0 Å². The maximum Gasteiger partial charge on any atom is 0.243 e. The molecular weight excluding hydrogens is 542 g/mol. The van der Waals surface area contributed by atoms with E-state index in [0.717, 1.165) is 22.3 Å². The lowest BCUT2D eigenvalue weighted by Gasteiger charge is -2.39. The zero-order valence-electron chi connectivity index (χ0n) is 23.8. The first kappa shape index (κ1) is 30.5. The number of hydrogen-bond donors (Lipinski definition) is 4. The molecule has 0 saturated heterocycles. The second-order valence-corrected chi connectivity index (χ2v) is 12.3. The lowest BCUT2D eigenvalue weighted by atomic mass is 9.67. The third kappa shape index (κ3) is 6.23. The maximum absolute atomic E-state index is 13.2. The Kier molecular flexibility index (Phi) is 9.03. The SMILES string of the molecule is CC(=O)N[C@@H](CSCC1CC12C(C)=C1C=C(C)C=C1C(=O)C2(C)O)C(=O)NCC(=O)N[C@@H](C=O)Cc1ccccc1. The molecule has 9 nitrogen and oxygen atoms in total. The molecule has 0 heterocycles. The number of carbonyl (C=O) groups excluding carboxylic acids is 5. The lowest BCUT2D eigenvalue weighted by Crippen LogP contribution is -2.51. The van der Waals surface area contributed by atoms with Crippen LogP contribution in [0.1, 0.15) is 39.7 Å². The van der Waals surface area contributed by atoms with Crippen molar-refractivity contribution in [3.8, 4) is 0 Å². The van der Waals surface area contributed by atoms with Crippen LogP contribution in [0.3, 0.4) is 0 Å². The number of rotatable bonds is 12. The highest BCUT2D eigenvalue weighted by atomic mass is 32.2. The van der Waals surface area contributed by atoms with Gasteiger partial charge in [0.15, 0.2) is 5.78 Å². The van der Waals surface area contributed by atoms with Gasteiger partial charge < -0.3 is 25.9 Å². The van der Waals surface area contributed by atoms with Gasteiger partial charge in [-0.15, -0.1) is 0 Å². The van der Waals surface area contributed by atoms with E-state index in [4.69, 9.17) is 0 Å². The predicted octanol–water partition coefficient (Wildman–Crippen LogP) is 1.81. The first-order chi connectivity index (χ1) is 19.4. The third-order valence-corrected chi connectivity index (χ3v) is 9.50. The van der Waals surface area contributed by atoms with Gasteiger partial charge in [0.2, 0.25) is 17.7 Å². The van der Waals surface area contributed by atoms with Crippen LogP contribution in [0.4, 0.5) is 0 Å². The Morgan fingerprint density at radius 1 is 1.15 bits per heavy atom. The minimum absolute atomic E-state index is 0.0338. The molecule has 3 amide bonds. The Labute approximate surface area is 244 Å². The number of thioether (sulfide) groups is 1. The number of nitrogens with one attached hydrogen (secondary N) is 3. The van der Waals surface area contributed by atoms with Gasteiger partial charge in [-0.2, -0.15) is 11.8 Å². The van der Waals surface area contributed by atoms with Crippen molar-refractivity contribution in [2.45, 2.75) is 58.2 Å². The van der Waals surface area contributed by atoms with E-state index in [2.05, 4.69) is 16.0 Å². The van der Waals surface area contributed by atoms with Crippen molar-refractivity contribution in [2.75, 3.05) is 18.1 Å². The number of amides is 3. The monoisotopic (exact) mass is 579 g/mol. The number of Topliss-reactive ketones (excluding diaryl/α,β-unsaturated/α-hetero) is 1. The van der Waals surface area contributed by atoms with E-state index in [0.29, 0.717) is 30.5 Å². The van der Waals surface area contributed by atoms with E-state index < -0.39 is 34.9 Å². The topological polar surface area (TPSA) is 142 Å². The molecule has 1 fully saturated rings. The van der Waals surface area contributed by atoms with Gasteiger partial charge in [-0.3, -0.25) is 19.2 Å². The van der Waals surface area contributed by atoms with E-state index in [-0.39, 0.29) is 29.9 Å². The van der Waals surface area contributed by atoms with Crippen LogP contribution in [0.2, 0.25) is 0 Å². The Morgan fingerprint density at radius 3 is 2.51 bits per heavy atom. The molecule has 10 heteroatoms. The second kappa shape index (κ2) is 12.2. The number of benzene rings is 1. The average molecular weight is 580 g/mol. The zero-order chi connectivity index (χ0) is 29.9. The summed E-state index contributed by atoms with van der Waals surface area (Å²) in [5.41, 5.74) is 2.20. The number of fused-ring (bicyclic) bond motifs is 1. The first-order valence-electron chi connectivity index (χ1n) is 13.7. The maximum atomic E-state index is 13.2. The third-order valence-electron chi connectivity index (χ3n) is 8.30. The van der Waals surface area contributed by atoms with Gasteiger partial charge in [0.05, 0.1) is 12.6 Å². The number of allylic oxidation sites excluding steroid dienone is 4. The van der Waals surface area contributed by atoms with Gasteiger partial charge in [0, 0.05) is 23.7 Å². The molecule has 41 heavy (non-hydrogen) atoms. The summed E-state index contributed by atoms with van der Waals surface area (Å²) >= 11 is 1.45. The standard InChI is InChI=1S/C31H37N3O6S/c1-18-10-24-19(2)31(30(4,40)28(38)25(24)11-18)13-22(31)16-41-17-26(33-20(3)36)29(39)32-14-27(37)34-23(15-35)12-21-8-6-5-7-9-21/h5-11,15,22-23,26,40H,12-14,16-17H2,1-4H3,(H,32,39)(H,33,36)(H,34,37)/t22?,23-,26+,30?,31?/m1/s1. The summed E-state index contributed by atoms with van der Waals surface area (Å²) in [5, 5.41) is 19.2. The molecule has 0 aromatic heterocycles. The van der Waals surface area contributed by atoms with Crippen molar-refractivity contribution in [3.05, 3.63) is 70.3 Å². The van der Waals surface area contributed by atoms with Crippen LogP contribution in [0.5, 0.6) is 0 Å². The Morgan fingerprint density at radius 2 is 1.85 bits per heavy atom. The van der Waals surface area contributed by atoms with Crippen molar-refractivity contribution in [2.24, 2.45) is 11.3 Å². The van der Waals surface area contributed by atoms with E-state index in [9.17, 15) is 29.1 Å². The van der Waals surface area contributed by atoms with Gasteiger partial charge in [0.25, 0.3) is 0 Å². The average Bonchev–Trinajstić information content (AvgIpc) is 3.54. The summed E-state index contributed by atoms with van der Waals surface area (Å²) in [6.45, 7) is 6.49. The van der Waals surface area contributed by atoms with Crippen LogP contribution >= 0.6 is 11.8 Å². The zero-order valence-corrected chi connectivity index (χ0v) is 24.6. The predicted molar refractivity (Wildman–Crippen MR) is 157 cm³/mol. The first-order valence-corrected chi connectivity index (χ1v) is 14.9. The quantitative estimate of drug-likeness (QED) is 0.277. The molecule has 3 aliphatic rings. The fraction of sp³-hybridized carbons (Fsp3) is 0.452. The summed E-state index contributed by atoms with van der Waals surface area (Å²) in [5.74, 6) is -0.803. The molecule has 218 valence electrons. The molecule has 0 radical (unpaired) electrons. The minimum Gasteiger partial charge on any atom is -0.381 e. The minimum atomic E-state index is -1.52. The molecule has 1 aromatic carbocycles. The Balaban J connectivity index is 1.31.